The molecule has 9 nitrogen and oxygen atoms in total. The van der Waals surface area contributed by atoms with Crippen molar-refractivity contribution in [2.45, 2.75) is 20.0 Å². The van der Waals surface area contributed by atoms with Gasteiger partial charge in [-0.2, -0.15) is 9.04 Å². The molecule has 1 aliphatic heterocycles. The van der Waals surface area contributed by atoms with Crippen molar-refractivity contribution in [3.05, 3.63) is 76.2 Å². The van der Waals surface area contributed by atoms with Gasteiger partial charge in [0.15, 0.2) is 0 Å². The van der Waals surface area contributed by atoms with E-state index < -0.39 is 15.6 Å². The maximum Gasteiger partial charge on any atom is 0.309 e. The Morgan fingerprint density at radius 1 is 1.06 bits per heavy atom. The lowest BCUT2D eigenvalue weighted by atomic mass is 10.1. The van der Waals surface area contributed by atoms with Crippen molar-refractivity contribution in [3.63, 3.8) is 0 Å². The molecule has 0 saturated carbocycles. The molecule has 4 heterocycles. The average molecular weight is 500 g/mol. The molecule has 184 valence electrons. The van der Waals surface area contributed by atoms with Gasteiger partial charge in [-0.15, -0.1) is 0 Å². The van der Waals surface area contributed by atoms with E-state index in [1.165, 1.54) is 22.6 Å². The van der Waals surface area contributed by atoms with Crippen LogP contribution in [0.25, 0.3) is 21.8 Å². The number of sulfonamides is 1. The third-order valence-corrected chi connectivity index (χ3v) is 8.46. The molecule has 0 spiro atoms. The first-order valence-electron chi connectivity index (χ1n) is 11.4. The van der Waals surface area contributed by atoms with Gasteiger partial charge in [-0.25, -0.2) is 17.8 Å². The number of hydrogen-bond acceptors (Lipinski definition) is 6. The van der Waals surface area contributed by atoms with E-state index in [1.807, 2.05) is 10.8 Å². The van der Waals surface area contributed by atoms with Crippen molar-refractivity contribution in [3.8, 4) is 0 Å². The fraction of sp³-hybridized carbons (Fsp3) is 0.333. The fourth-order valence-corrected chi connectivity index (χ4v) is 5.76. The third kappa shape index (κ3) is 4.42. The molecule has 1 aliphatic rings. The van der Waals surface area contributed by atoms with E-state index in [-0.39, 0.29) is 17.1 Å². The molecule has 1 N–H and O–H groups in total. The Morgan fingerprint density at radius 2 is 1.77 bits per heavy atom. The number of halogens is 1. The molecule has 1 fully saturated rings. The molecule has 5 rings (SSSR count). The van der Waals surface area contributed by atoms with Crippen LogP contribution in [0, 0.1) is 5.82 Å². The topological polar surface area (TPSA) is 101 Å². The summed E-state index contributed by atoms with van der Waals surface area (Å²) >= 11 is 0. The number of rotatable bonds is 6. The molecule has 3 aromatic heterocycles. The molecular weight excluding hydrogens is 473 g/mol. The maximum atomic E-state index is 13.4. The highest BCUT2D eigenvalue weighted by atomic mass is 32.2. The second kappa shape index (κ2) is 9.06. The second-order valence-electron chi connectivity index (χ2n) is 8.73. The van der Waals surface area contributed by atoms with Crippen molar-refractivity contribution < 1.29 is 18.0 Å². The number of benzene rings is 1. The first-order valence-corrected chi connectivity index (χ1v) is 13.0. The number of nitrogens with zero attached hydrogens (tertiary/aromatic N) is 5. The zero-order chi connectivity index (χ0) is 24.7. The van der Waals surface area contributed by atoms with Crippen LogP contribution in [-0.2, 0) is 23.1 Å². The van der Waals surface area contributed by atoms with Crippen molar-refractivity contribution in [1.29, 1.82) is 0 Å². The molecule has 0 amide bonds. The van der Waals surface area contributed by atoms with E-state index in [2.05, 4.69) is 9.88 Å². The summed E-state index contributed by atoms with van der Waals surface area (Å²) in [6.07, 6.45) is 4.94. The zero-order valence-corrected chi connectivity index (χ0v) is 20.1. The first kappa shape index (κ1) is 23.5. The SMILES string of the molecule is CCS(=O)(=O)N1CCN(Cc2cn(Cc3ccc(F)cc3)c3cnc4c(=O)n(O)ccc4c23)CC1. The molecule has 0 bridgehead atoms. The predicted octanol–water partition coefficient (Wildman–Crippen LogP) is 2.24. The van der Waals surface area contributed by atoms with E-state index in [4.69, 9.17) is 0 Å². The van der Waals surface area contributed by atoms with E-state index in [0.29, 0.717) is 49.4 Å². The smallest absolute Gasteiger partial charge is 0.309 e. The number of hydrogen-bond donors (Lipinski definition) is 1. The van der Waals surface area contributed by atoms with Gasteiger partial charge in [0.2, 0.25) is 10.0 Å². The van der Waals surface area contributed by atoms with Crippen molar-refractivity contribution in [2.75, 3.05) is 31.9 Å². The van der Waals surface area contributed by atoms with E-state index >= 15 is 0 Å². The Bertz CT molecular complexity index is 1560. The highest BCUT2D eigenvalue weighted by Crippen LogP contribution is 2.29. The summed E-state index contributed by atoms with van der Waals surface area (Å²) in [6, 6.07) is 7.97. The summed E-state index contributed by atoms with van der Waals surface area (Å²) in [5, 5.41) is 11.3. The Labute approximate surface area is 201 Å². The van der Waals surface area contributed by atoms with E-state index in [1.54, 1.807) is 31.3 Å². The highest BCUT2D eigenvalue weighted by Gasteiger charge is 2.26. The maximum absolute atomic E-state index is 13.4. The monoisotopic (exact) mass is 499 g/mol. The summed E-state index contributed by atoms with van der Waals surface area (Å²) in [6.45, 7) is 4.76. The number of piperazine rings is 1. The molecule has 4 aromatic rings. The van der Waals surface area contributed by atoms with E-state index in [0.717, 1.165) is 22.0 Å². The Kier molecular flexibility index (Phi) is 6.07. The minimum absolute atomic E-state index is 0.0885. The van der Waals surface area contributed by atoms with Crippen molar-refractivity contribution >= 4 is 31.8 Å². The van der Waals surface area contributed by atoms with Gasteiger partial charge >= 0.3 is 5.56 Å². The van der Waals surface area contributed by atoms with Crippen LogP contribution in [0.3, 0.4) is 0 Å². The number of fused-ring (bicyclic) bond motifs is 3. The largest absolute Gasteiger partial charge is 0.425 e. The summed E-state index contributed by atoms with van der Waals surface area (Å²) < 4.78 is 41.9. The molecule has 11 heteroatoms. The number of aromatic nitrogens is 3. The average Bonchev–Trinajstić information content (AvgIpc) is 3.20. The summed E-state index contributed by atoms with van der Waals surface area (Å²) in [4.78, 5) is 19.0. The molecular formula is C24H26FN5O4S. The fourth-order valence-electron chi connectivity index (χ4n) is 4.67. The lowest BCUT2D eigenvalue weighted by Gasteiger charge is -2.33. The van der Waals surface area contributed by atoms with Crippen molar-refractivity contribution in [1.82, 2.24) is 23.5 Å². The Hall–Kier alpha value is -3.28. The van der Waals surface area contributed by atoms with Crippen LogP contribution in [-0.4, -0.2) is 69.0 Å². The van der Waals surface area contributed by atoms with Crippen LogP contribution >= 0.6 is 0 Å². The molecule has 0 unspecified atom stereocenters. The van der Waals surface area contributed by atoms with Gasteiger partial charge in [-0.1, -0.05) is 12.1 Å². The molecule has 1 aromatic carbocycles. The molecule has 0 radical (unpaired) electrons. The van der Waals surface area contributed by atoms with Crippen LogP contribution in [0.4, 0.5) is 4.39 Å². The minimum Gasteiger partial charge on any atom is -0.425 e. The Morgan fingerprint density at radius 3 is 2.46 bits per heavy atom. The van der Waals surface area contributed by atoms with Gasteiger partial charge < -0.3 is 9.77 Å². The molecule has 0 atom stereocenters. The predicted molar refractivity (Wildman–Crippen MR) is 130 cm³/mol. The molecule has 1 saturated heterocycles. The normalized spacial score (nSPS) is 15.8. The lowest BCUT2D eigenvalue weighted by molar-refractivity contribution is 0.176. The van der Waals surface area contributed by atoms with Crippen LogP contribution in [0.15, 0.2) is 53.7 Å². The molecule has 35 heavy (non-hydrogen) atoms. The van der Waals surface area contributed by atoms with Gasteiger partial charge in [-0.05, 0) is 36.2 Å². The lowest BCUT2D eigenvalue weighted by Crippen LogP contribution is -2.48. The summed E-state index contributed by atoms with van der Waals surface area (Å²) in [5.41, 5.74) is 2.27. The van der Waals surface area contributed by atoms with Crippen molar-refractivity contribution in [2.24, 2.45) is 0 Å². The van der Waals surface area contributed by atoms with Crippen LogP contribution in [0.5, 0.6) is 0 Å². The van der Waals surface area contributed by atoms with Gasteiger partial charge in [0, 0.05) is 62.4 Å². The summed E-state index contributed by atoms with van der Waals surface area (Å²) in [7, 11) is -3.22. The minimum atomic E-state index is -3.22. The van der Waals surface area contributed by atoms with Gasteiger partial charge in [0.25, 0.3) is 0 Å². The highest BCUT2D eigenvalue weighted by molar-refractivity contribution is 7.89. The molecule has 0 aliphatic carbocycles. The first-order chi connectivity index (χ1) is 16.8. The van der Waals surface area contributed by atoms with Gasteiger partial charge in [-0.3, -0.25) is 9.69 Å². The van der Waals surface area contributed by atoms with Gasteiger partial charge in [0.1, 0.15) is 11.3 Å². The van der Waals surface area contributed by atoms with Crippen LogP contribution in [0.1, 0.15) is 18.1 Å². The van der Waals surface area contributed by atoms with Crippen LogP contribution < -0.4 is 5.56 Å². The zero-order valence-electron chi connectivity index (χ0n) is 19.3. The summed E-state index contributed by atoms with van der Waals surface area (Å²) in [5.74, 6) is -0.213. The Balaban J connectivity index is 1.54. The van der Waals surface area contributed by atoms with Crippen LogP contribution in [0.2, 0.25) is 0 Å². The van der Waals surface area contributed by atoms with E-state index in [9.17, 15) is 22.8 Å². The number of pyridine rings is 2. The third-order valence-electron chi connectivity index (χ3n) is 6.58. The van der Waals surface area contributed by atoms with Gasteiger partial charge in [0.05, 0.1) is 17.5 Å². The quantitative estimate of drug-likeness (QED) is 0.409. The second-order valence-corrected chi connectivity index (χ2v) is 11.0. The standard InChI is InChI=1S/C24H26FN5O4S/c1-2-35(33,34)29-11-9-27(10-12-29)15-18-16-28(14-17-3-5-19(25)6-4-17)21-13-26-23-20(22(18)21)7-8-30(32)24(23)31/h3-8,13,16,32H,2,9-12,14-15H2,1H3.